The lowest BCUT2D eigenvalue weighted by Crippen LogP contribution is -2.44. The highest BCUT2D eigenvalue weighted by atomic mass is 19.4. The molecule has 1 aromatic carbocycles. The van der Waals surface area contributed by atoms with Crippen LogP contribution in [0.25, 0.3) is 11.3 Å². The van der Waals surface area contributed by atoms with Crippen LogP contribution < -0.4 is 10.1 Å². The molecule has 178 valence electrons. The standard InChI is InChI=1S/C23H22F3N5O3/c1-30(2)22(33)31-11-16-19(17(32)12-31)21(28-14-6-4-3-5-7-14)20(29-16)15-8-9-27-10-18(15)34-13-23(24,25)26/h3-10,28-29H,11-13H2,1-2H3. The summed E-state index contributed by atoms with van der Waals surface area (Å²) in [5.74, 6) is -0.396. The summed E-state index contributed by atoms with van der Waals surface area (Å²) < 4.78 is 43.5. The summed E-state index contributed by atoms with van der Waals surface area (Å²) in [6.07, 6.45) is -1.92. The van der Waals surface area contributed by atoms with E-state index in [0.717, 1.165) is 0 Å². The van der Waals surface area contributed by atoms with E-state index >= 15 is 0 Å². The molecule has 3 heterocycles. The monoisotopic (exact) mass is 473 g/mol. The molecule has 8 nitrogen and oxygen atoms in total. The lowest BCUT2D eigenvalue weighted by atomic mass is 10.0. The van der Waals surface area contributed by atoms with Gasteiger partial charge < -0.3 is 24.8 Å². The molecular weight excluding hydrogens is 451 g/mol. The number of benzene rings is 1. The SMILES string of the molecule is CN(C)C(=O)N1CC(=O)c2c([nH]c(-c3ccncc3OCC(F)(F)F)c2Nc2ccccc2)C1. The van der Waals surface area contributed by atoms with Crippen LogP contribution in [0, 0.1) is 0 Å². The molecule has 0 aliphatic carbocycles. The number of ether oxygens (including phenoxy) is 1. The van der Waals surface area contributed by atoms with Crippen molar-refractivity contribution in [3.05, 3.63) is 60.0 Å². The van der Waals surface area contributed by atoms with Crippen molar-refractivity contribution in [3.63, 3.8) is 0 Å². The fourth-order valence-corrected chi connectivity index (χ4v) is 3.75. The Morgan fingerprint density at radius 2 is 1.94 bits per heavy atom. The average molecular weight is 473 g/mol. The van der Waals surface area contributed by atoms with E-state index < -0.39 is 12.8 Å². The third-order valence-electron chi connectivity index (χ3n) is 5.18. The average Bonchev–Trinajstić information content (AvgIpc) is 3.16. The predicted molar refractivity (Wildman–Crippen MR) is 119 cm³/mol. The number of rotatable bonds is 5. The van der Waals surface area contributed by atoms with Crippen LogP contribution in [-0.2, 0) is 6.54 Å². The van der Waals surface area contributed by atoms with Crippen LogP contribution in [0.1, 0.15) is 16.1 Å². The van der Waals surface area contributed by atoms with Gasteiger partial charge in [0.15, 0.2) is 12.4 Å². The minimum absolute atomic E-state index is 0.0943. The molecule has 2 N–H and O–H groups in total. The van der Waals surface area contributed by atoms with E-state index in [1.54, 1.807) is 26.2 Å². The molecule has 0 spiro atoms. The number of ketones is 1. The Kier molecular flexibility index (Phi) is 6.18. The number of fused-ring (bicyclic) bond motifs is 1. The van der Waals surface area contributed by atoms with Gasteiger partial charge in [-0.1, -0.05) is 18.2 Å². The number of Topliss-reactive ketones (excluding diaryl/α,β-unsaturated/α-hetero) is 1. The minimum atomic E-state index is -4.53. The molecule has 0 unspecified atom stereocenters. The number of aromatic amines is 1. The lowest BCUT2D eigenvalue weighted by molar-refractivity contribution is -0.153. The van der Waals surface area contributed by atoms with E-state index in [1.807, 2.05) is 18.2 Å². The lowest BCUT2D eigenvalue weighted by Gasteiger charge is -2.28. The van der Waals surface area contributed by atoms with Crippen molar-refractivity contribution in [3.8, 4) is 17.0 Å². The van der Waals surface area contributed by atoms with E-state index in [2.05, 4.69) is 15.3 Å². The van der Waals surface area contributed by atoms with Gasteiger partial charge in [0.05, 0.1) is 36.2 Å². The van der Waals surface area contributed by atoms with E-state index in [-0.39, 0.29) is 30.7 Å². The normalized spacial score (nSPS) is 13.4. The van der Waals surface area contributed by atoms with Gasteiger partial charge in [-0.05, 0) is 18.2 Å². The maximum atomic E-state index is 13.2. The maximum absolute atomic E-state index is 13.2. The number of halogens is 3. The number of nitrogens with one attached hydrogen (secondary N) is 2. The van der Waals surface area contributed by atoms with Crippen LogP contribution in [0.4, 0.5) is 29.3 Å². The quantitative estimate of drug-likeness (QED) is 0.572. The van der Waals surface area contributed by atoms with Gasteiger partial charge in [0.25, 0.3) is 0 Å². The zero-order valence-electron chi connectivity index (χ0n) is 18.4. The topological polar surface area (TPSA) is 90.6 Å². The highest BCUT2D eigenvalue weighted by Gasteiger charge is 2.34. The summed E-state index contributed by atoms with van der Waals surface area (Å²) in [6, 6.07) is 10.2. The summed E-state index contributed by atoms with van der Waals surface area (Å²) in [7, 11) is 3.18. The number of H-pyrrole nitrogens is 1. The van der Waals surface area contributed by atoms with Gasteiger partial charge in [-0.2, -0.15) is 13.2 Å². The van der Waals surface area contributed by atoms with Gasteiger partial charge in [0.2, 0.25) is 0 Å². The molecule has 1 aliphatic heterocycles. The molecule has 2 aromatic heterocycles. The third-order valence-corrected chi connectivity index (χ3v) is 5.18. The van der Waals surface area contributed by atoms with Gasteiger partial charge in [-0.15, -0.1) is 0 Å². The predicted octanol–water partition coefficient (Wildman–Crippen LogP) is 4.44. The van der Waals surface area contributed by atoms with Crippen molar-refractivity contribution >= 4 is 23.2 Å². The molecule has 3 aromatic rings. The van der Waals surface area contributed by atoms with Crippen molar-refractivity contribution in [2.24, 2.45) is 0 Å². The number of aromatic nitrogens is 2. The van der Waals surface area contributed by atoms with Crippen LogP contribution in [0.15, 0.2) is 48.8 Å². The fourth-order valence-electron chi connectivity index (χ4n) is 3.75. The van der Waals surface area contributed by atoms with E-state index in [9.17, 15) is 22.8 Å². The molecule has 0 fully saturated rings. The number of amides is 2. The molecule has 2 amide bonds. The first-order chi connectivity index (χ1) is 16.1. The van der Waals surface area contributed by atoms with E-state index in [0.29, 0.717) is 33.9 Å². The van der Waals surface area contributed by atoms with Crippen LogP contribution >= 0.6 is 0 Å². The second-order valence-electron chi connectivity index (χ2n) is 7.95. The molecule has 11 heteroatoms. The van der Waals surface area contributed by atoms with Gasteiger partial charge in [-0.25, -0.2) is 4.79 Å². The molecule has 1 aliphatic rings. The summed E-state index contributed by atoms with van der Waals surface area (Å²) in [5.41, 5.74) is 2.55. The molecule has 0 bridgehead atoms. The smallest absolute Gasteiger partial charge is 0.422 e. The Morgan fingerprint density at radius 3 is 2.62 bits per heavy atom. The van der Waals surface area contributed by atoms with Crippen LogP contribution in [0.2, 0.25) is 0 Å². The first kappa shape index (κ1) is 23.1. The Hall–Kier alpha value is -4.02. The number of pyridine rings is 1. The first-order valence-electron chi connectivity index (χ1n) is 10.3. The minimum Gasteiger partial charge on any atom is -0.482 e. The zero-order valence-corrected chi connectivity index (χ0v) is 18.4. The van der Waals surface area contributed by atoms with Crippen molar-refractivity contribution in [1.29, 1.82) is 0 Å². The van der Waals surface area contributed by atoms with Crippen molar-refractivity contribution in [2.75, 3.05) is 32.6 Å². The second kappa shape index (κ2) is 9.08. The summed E-state index contributed by atoms with van der Waals surface area (Å²) in [5, 5.41) is 3.21. The van der Waals surface area contributed by atoms with E-state index in [1.165, 1.54) is 28.3 Å². The van der Waals surface area contributed by atoms with Crippen molar-refractivity contribution in [2.45, 2.75) is 12.7 Å². The molecule has 0 radical (unpaired) electrons. The Morgan fingerprint density at radius 1 is 1.21 bits per heavy atom. The van der Waals surface area contributed by atoms with Crippen LogP contribution in [-0.4, -0.2) is 65.0 Å². The largest absolute Gasteiger partial charge is 0.482 e. The number of carbonyl (C=O) groups excluding carboxylic acids is 2. The first-order valence-corrected chi connectivity index (χ1v) is 10.3. The zero-order chi connectivity index (χ0) is 24.5. The Bertz CT molecular complexity index is 1210. The number of alkyl halides is 3. The molecule has 0 atom stereocenters. The molecule has 4 rings (SSSR count). The molecule has 0 saturated carbocycles. The number of nitrogens with zero attached hydrogens (tertiary/aromatic N) is 3. The molecular formula is C23H22F3N5O3. The fraction of sp³-hybridized carbons (Fsp3) is 0.261. The maximum Gasteiger partial charge on any atom is 0.422 e. The summed E-state index contributed by atoms with van der Waals surface area (Å²) >= 11 is 0. The summed E-state index contributed by atoms with van der Waals surface area (Å²) in [4.78, 5) is 35.4. The van der Waals surface area contributed by atoms with Gasteiger partial charge in [0, 0.05) is 37.2 Å². The number of hydrogen-bond donors (Lipinski definition) is 2. The van der Waals surface area contributed by atoms with Gasteiger partial charge in [0.1, 0.15) is 5.75 Å². The number of hydrogen-bond acceptors (Lipinski definition) is 5. The Balaban J connectivity index is 1.82. The van der Waals surface area contributed by atoms with Gasteiger partial charge in [-0.3, -0.25) is 9.78 Å². The van der Waals surface area contributed by atoms with Crippen molar-refractivity contribution < 1.29 is 27.5 Å². The number of urea groups is 1. The van der Waals surface area contributed by atoms with Crippen LogP contribution in [0.3, 0.4) is 0 Å². The van der Waals surface area contributed by atoms with Crippen molar-refractivity contribution in [1.82, 2.24) is 19.8 Å². The highest BCUT2D eigenvalue weighted by Crippen LogP contribution is 2.41. The number of anilines is 2. The Labute approximate surface area is 193 Å². The third kappa shape index (κ3) is 4.82. The molecule has 34 heavy (non-hydrogen) atoms. The van der Waals surface area contributed by atoms with Crippen LogP contribution in [0.5, 0.6) is 5.75 Å². The molecule has 0 saturated heterocycles. The number of para-hydroxylation sites is 1. The highest BCUT2D eigenvalue weighted by molar-refractivity contribution is 6.09. The summed E-state index contributed by atoms with van der Waals surface area (Å²) in [6.45, 7) is -1.48. The van der Waals surface area contributed by atoms with E-state index in [4.69, 9.17) is 4.74 Å². The second-order valence-corrected chi connectivity index (χ2v) is 7.95. The number of carbonyl (C=O) groups is 2. The van der Waals surface area contributed by atoms with Gasteiger partial charge >= 0.3 is 12.2 Å².